The molecule has 0 saturated heterocycles. The predicted molar refractivity (Wildman–Crippen MR) is 48.7 cm³/mol. The molecule has 0 amide bonds. The second-order valence-corrected chi connectivity index (χ2v) is 4.22. The Bertz CT molecular complexity index is 335. The van der Waals surface area contributed by atoms with Crippen LogP contribution in [0.15, 0.2) is 18.5 Å². The number of nitrogens with zero attached hydrogens (tertiary/aromatic N) is 1. The number of pyridine rings is 1. The van der Waals surface area contributed by atoms with Crippen LogP contribution in [0, 0.1) is 11.2 Å². The van der Waals surface area contributed by atoms with Crippen molar-refractivity contribution in [1.82, 2.24) is 4.98 Å². The molecule has 2 atom stereocenters. The van der Waals surface area contributed by atoms with Gasteiger partial charge in [-0.1, -0.05) is 13.8 Å². The summed E-state index contributed by atoms with van der Waals surface area (Å²) in [5.74, 6) is -0.0935. The Morgan fingerprint density at radius 2 is 2.15 bits per heavy atom. The quantitative estimate of drug-likeness (QED) is 0.714. The summed E-state index contributed by atoms with van der Waals surface area (Å²) >= 11 is 0. The molecule has 0 aromatic carbocycles. The first-order chi connectivity index (χ1) is 6.05. The van der Waals surface area contributed by atoms with Crippen molar-refractivity contribution >= 4 is 0 Å². The fourth-order valence-electron chi connectivity index (χ4n) is 1.91. The van der Waals surface area contributed by atoms with E-state index in [0.29, 0.717) is 5.56 Å². The average Bonchev–Trinajstić information content (AvgIpc) is 2.54. The second kappa shape index (κ2) is 2.51. The normalized spacial score (nSPS) is 30.2. The van der Waals surface area contributed by atoms with Crippen molar-refractivity contribution in [1.29, 1.82) is 0 Å². The number of rotatable bonds is 1. The highest BCUT2D eigenvalue weighted by Crippen LogP contribution is 2.57. The Balaban J connectivity index is 2.34. The van der Waals surface area contributed by atoms with Gasteiger partial charge in [0.1, 0.15) is 5.82 Å². The number of hydrogen-bond donors (Lipinski definition) is 1. The molecule has 2 N–H and O–H groups in total. The minimum absolute atomic E-state index is 0.0300. The van der Waals surface area contributed by atoms with Crippen LogP contribution in [0.2, 0.25) is 0 Å². The molecule has 3 heteroatoms. The number of nitrogens with two attached hydrogens (primary N) is 1. The molecule has 2 nitrogen and oxygen atoms in total. The lowest BCUT2D eigenvalue weighted by molar-refractivity contribution is 0.568. The van der Waals surface area contributed by atoms with Crippen molar-refractivity contribution in [2.75, 3.05) is 0 Å². The summed E-state index contributed by atoms with van der Waals surface area (Å²) in [5, 5.41) is 0. The Hall–Kier alpha value is -0.960. The maximum Gasteiger partial charge on any atom is 0.145 e. The summed E-state index contributed by atoms with van der Waals surface area (Å²) in [6, 6.07) is 1.79. The number of aromatic nitrogens is 1. The molecule has 0 spiro atoms. The maximum atomic E-state index is 13.3. The molecular weight excluding hydrogens is 167 g/mol. The lowest BCUT2D eigenvalue weighted by Gasteiger charge is -2.02. The van der Waals surface area contributed by atoms with E-state index in [1.54, 1.807) is 12.3 Å². The van der Waals surface area contributed by atoms with E-state index in [2.05, 4.69) is 18.8 Å². The Kier molecular flexibility index (Phi) is 1.67. The highest BCUT2D eigenvalue weighted by Gasteiger charge is 2.56. The first-order valence-electron chi connectivity index (χ1n) is 4.40. The van der Waals surface area contributed by atoms with Gasteiger partial charge in [-0.25, -0.2) is 4.39 Å². The zero-order valence-corrected chi connectivity index (χ0v) is 7.79. The SMILES string of the molecule is CC1(C)[C@H](N)[C@H]1c1ccncc1F. The van der Waals surface area contributed by atoms with Gasteiger partial charge in [-0.05, 0) is 17.0 Å². The van der Waals surface area contributed by atoms with Crippen LogP contribution >= 0.6 is 0 Å². The van der Waals surface area contributed by atoms with Crippen LogP contribution in [-0.4, -0.2) is 11.0 Å². The van der Waals surface area contributed by atoms with E-state index in [1.807, 2.05) is 0 Å². The van der Waals surface area contributed by atoms with Crippen molar-refractivity contribution in [3.05, 3.63) is 29.8 Å². The van der Waals surface area contributed by atoms with Crippen LogP contribution in [0.3, 0.4) is 0 Å². The molecule has 1 aliphatic rings. The first-order valence-corrected chi connectivity index (χ1v) is 4.40. The van der Waals surface area contributed by atoms with E-state index < -0.39 is 0 Å². The Morgan fingerprint density at radius 3 is 2.62 bits per heavy atom. The molecule has 0 radical (unpaired) electrons. The lowest BCUT2D eigenvalue weighted by atomic mass is 10.0. The molecule has 1 fully saturated rings. The van der Waals surface area contributed by atoms with Crippen molar-refractivity contribution in [3.8, 4) is 0 Å². The van der Waals surface area contributed by atoms with Crippen molar-refractivity contribution in [3.63, 3.8) is 0 Å². The average molecular weight is 180 g/mol. The van der Waals surface area contributed by atoms with Gasteiger partial charge >= 0.3 is 0 Å². The first kappa shape index (κ1) is 8.63. The van der Waals surface area contributed by atoms with Crippen molar-refractivity contribution in [2.45, 2.75) is 25.8 Å². The van der Waals surface area contributed by atoms with Gasteiger partial charge in [-0.3, -0.25) is 4.98 Å². The fraction of sp³-hybridized carbons (Fsp3) is 0.500. The van der Waals surface area contributed by atoms with Crippen LogP contribution in [0.1, 0.15) is 25.3 Å². The van der Waals surface area contributed by atoms with Gasteiger partial charge in [-0.15, -0.1) is 0 Å². The van der Waals surface area contributed by atoms with E-state index >= 15 is 0 Å². The summed E-state index contributed by atoms with van der Waals surface area (Å²) in [5.41, 5.74) is 6.59. The highest BCUT2D eigenvalue weighted by atomic mass is 19.1. The molecule has 1 aliphatic carbocycles. The summed E-state index contributed by atoms with van der Waals surface area (Å²) in [6.07, 6.45) is 2.86. The second-order valence-electron chi connectivity index (χ2n) is 4.22. The van der Waals surface area contributed by atoms with E-state index in [-0.39, 0.29) is 23.2 Å². The van der Waals surface area contributed by atoms with Gasteiger partial charge in [0.25, 0.3) is 0 Å². The maximum absolute atomic E-state index is 13.3. The van der Waals surface area contributed by atoms with Crippen molar-refractivity contribution < 1.29 is 4.39 Å². The molecule has 1 aromatic rings. The summed E-state index contributed by atoms with van der Waals surface area (Å²) < 4.78 is 13.3. The topological polar surface area (TPSA) is 38.9 Å². The smallest absolute Gasteiger partial charge is 0.145 e. The van der Waals surface area contributed by atoms with E-state index in [9.17, 15) is 4.39 Å². The number of hydrogen-bond acceptors (Lipinski definition) is 2. The monoisotopic (exact) mass is 180 g/mol. The van der Waals surface area contributed by atoms with Gasteiger partial charge in [0, 0.05) is 18.2 Å². The van der Waals surface area contributed by atoms with E-state index in [4.69, 9.17) is 5.73 Å². The van der Waals surface area contributed by atoms with Gasteiger partial charge in [-0.2, -0.15) is 0 Å². The van der Waals surface area contributed by atoms with Gasteiger partial charge in [0.15, 0.2) is 0 Å². The third kappa shape index (κ3) is 1.15. The molecule has 2 rings (SSSR count). The minimum atomic E-state index is -0.242. The van der Waals surface area contributed by atoms with Gasteiger partial charge in [0.05, 0.1) is 6.20 Å². The highest BCUT2D eigenvalue weighted by molar-refractivity contribution is 5.33. The zero-order chi connectivity index (χ0) is 9.64. The molecular formula is C10H13FN2. The molecule has 1 heterocycles. The fourth-order valence-corrected chi connectivity index (χ4v) is 1.91. The van der Waals surface area contributed by atoms with Crippen LogP contribution in [0.25, 0.3) is 0 Å². The van der Waals surface area contributed by atoms with Gasteiger partial charge < -0.3 is 5.73 Å². The summed E-state index contributed by atoms with van der Waals surface area (Å²) in [6.45, 7) is 4.12. The van der Waals surface area contributed by atoms with Crippen molar-refractivity contribution in [2.24, 2.45) is 11.1 Å². The van der Waals surface area contributed by atoms with E-state index in [0.717, 1.165) is 0 Å². The van der Waals surface area contributed by atoms with Crippen LogP contribution in [0.5, 0.6) is 0 Å². The van der Waals surface area contributed by atoms with Crippen LogP contribution in [-0.2, 0) is 0 Å². The predicted octanol–water partition coefficient (Wildman–Crippen LogP) is 1.67. The summed E-state index contributed by atoms with van der Waals surface area (Å²) in [7, 11) is 0. The van der Waals surface area contributed by atoms with Crippen LogP contribution < -0.4 is 5.73 Å². The molecule has 1 saturated carbocycles. The Morgan fingerprint density at radius 1 is 1.54 bits per heavy atom. The molecule has 0 bridgehead atoms. The summed E-state index contributed by atoms with van der Waals surface area (Å²) in [4.78, 5) is 3.71. The largest absolute Gasteiger partial charge is 0.327 e. The van der Waals surface area contributed by atoms with E-state index in [1.165, 1.54) is 6.20 Å². The van der Waals surface area contributed by atoms with Gasteiger partial charge in [0.2, 0.25) is 0 Å². The van der Waals surface area contributed by atoms with Crippen LogP contribution in [0.4, 0.5) is 4.39 Å². The zero-order valence-electron chi connectivity index (χ0n) is 7.79. The molecule has 0 aliphatic heterocycles. The molecule has 0 unspecified atom stereocenters. The lowest BCUT2D eigenvalue weighted by Crippen LogP contribution is -2.06. The minimum Gasteiger partial charge on any atom is -0.327 e. The third-order valence-electron chi connectivity index (χ3n) is 3.05. The molecule has 13 heavy (non-hydrogen) atoms. The third-order valence-corrected chi connectivity index (χ3v) is 3.05. The molecule has 70 valence electrons. The standard InChI is InChI=1S/C10H13FN2/c1-10(2)8(9(10)12)6-3-4-13-5-7(6)11/h3-5,8-9H,12H2,1-2H3/t8-,9-/m1/s1. The molecule has 1 aromatic heterocycles. The number of halogens is 1. The Labute approximate surface area is 77.0 Å².